The molecule has 0 aromatic carbocycles. The summed E-state index contributed by atoms with van der Waals surface area (Å²) < 4.78 is 0. The molecular formula is C18H24ClN5. The molecule has 1 fully saturated rings. The van der Waals surface area contributed by atoms with E-state index in [2.05, 4.69) is 20.6 Å². The fourth-order valence-corrected chi connectivity index (χ4v) is 3.25. The summed E-state index contributed by atoms with van der Waals surface area (Å²) in [6.45, 7) is 1.26. The highest BCUT2D eigenvalue weighted by atomic mass is 35.5. The Morgan fingerprint density at radius 3 is 2.79 bits per heavy atom. The van der Waals surface area contributed by atoms with Gasteiger partial charge in [-0.05, 0) is 31.0 Å². The lowest BCUT2D eigenvalue weighted by atomic mass is 9.95. The van der Waals surface area contributed by atoms with E-state index < -0.39 is 0 Å². The van der Waals surface area contributed by atoms with E-state index in [-0.39, 0.29) is 0 Å². The minimum absolute atomic E-state index is 0.505. The number of nitrogens with one attached hydrogen (secondary N) is 2. The van der Waals surface area contributed by atoms with Crippen molar-refractivity contribution in [1.82, 2.24) is 9.97 Å². The van der Waals surface area contributed by atoms with Crippen molar-refractivity contribution >= 4 is 23.2 Å². The van der Waals surface area contributed by atoms with E-state index >= 15 is 0 Å². The van der Waals surface area contributed by atoms with E-state index in [0.717, 1.165) is 22.9 Å². The van der Waals surface area contributed by atoms with Crippen LogP contribution in [-0.2, 0) is 0 Å². The van der Waals surface area contributed by atoms with Crippen LogP contribution in [0, 0.1) is 0 Å². The van der Waals surface area contributed by atoms with E-state index in [1.807, 2.05) is 24.3 Å². The zero-order valence-electron chi connectivity index (χ0n) is 13.8. The zero-order chi connectivity index (χ0) is 16.8. The third kappa shape index (κ3) is 4.36. The predicted molar refractivity (Wildman–Crippen MR) is 101 cm³/mol. The van der Waals surface area contributed by atoms with Crippen molar-refractivity contribution in [3.05, 3.63) is 35.5 Å². The van der Waals surface area contributed by atoms with Gasteiger partial charge in [-0.25, -0.2) is 9.97 Å². The molecule has 3 rings (SSSR count). The largest absolute Gasteiger partial charge is 0.369 e. The number of rotatable bonds is 6. The maximum atomic E-state index is 6.36. The van der Waals surface area contributed by atoms with Gasteiger partial charge in [-0.1, -0.05) is 36.9 Å². The van der Waals surface area contributed by atoms with E-state index in [1.54, 1.807) is 6.20 Å². The number of nitrogens with two attached hydrogens (primary N) is 1. The van der Waals surface area contributed by atoms with Crippen molar-refractivity contribution in [2.24, 2.45) is 5.73 Å². The molecule has 0 spiro atoms. The van der Waals surface area contributed by atoms with Crippen molar-refractivity contribution in [2.45, 2.75) is 38.1 Å². The number of aromatic nitrogens is 2. The summed E-state index contributed by atoms with van der Waals surface area (Å²) >= 11 is 6.36. The predicted octanol–water partition coefficient (Wildman–Crippen LogP) is 3.91. The first kappa shape index (κ1) is 17.0. The third-order valence-electron chi connectivity index (χ3n) is 4.29. The molecule has 0 radical (unpaired) electrons. The van der Waals surface area contributed by atoms with Crippen LogP contribution in [0.3, 0.4) is 0 Å². The molecule has 6 heteroatoms. The Balaban J connectivity index is 1.80. The number of halogens is 1. The first-order chi connectivity index (χ1) is 11.8. The van der Waals surface area contributed by atoms with Crippen molar-refractivity contribution in [3.8, 4) is 11.3 Å². The molecule has 1 aliphatic carbocycles. The maximum absolute atomic E-state index is 6.36. The Bertz CT molecular complexity index is 670. The quantitative estimate of drug-likeness (QED) is 0.740. The fraction of sp³-hybridized carbons (Fsp3) is 0.444. The summed E-state index contributed by atoms with van der Waals surface area (Å²) in [7, 11) is 0. The van der Waals surface area contributed by atoms with E-state index in [1.165, 1.54) is 32.1 Å². The van der Waals surface area contributed by atoms with Gasteiger partial charge in [0.15, 0.2) is 0 Å². The minimum atomic E-state index is 0.505. The highest BCUT2D eigenvalue weighted by Gasteiger charge is 2.15. The minimum Gasteiger partial charge on any atom is -0.369 e. The Morgan fingerprint density at radius 1 is 1.17 bits per heavy atom. The lowest BCUT2D eigenvalue weighted by Crippen LogP contribution is -2.22. The Labute approximate surface area is 148 Å². The molecule has 2 heterocycles. The summed E-state index contributed by atoms with van der Waals surface area (Å²) in [5.74, 6) is 1.66. The van der Waals surface area contributed by atoms with Crippen LogP contribution >= 0.6 is 11.6 Å². The van der Waals surface area contributed by atoms with Crippen LogP contribution in [0.1, 0.15) is 32.1 Å². The lowest BCUT2D eigenvalue weighted by Gasteiger charge is -2.23. The lowest BCUT2D eigenvalue weighted by molar-refractivity contribution is 0.462. The molecule has 0 saturated heterocycles. The first-order valence-corrected chi connectivity index (χ1v) is 8.97. The van der Waals surface area contributed by atoms with E-state index in [0.29, 0.717) is 24.2 Å². The van der Waals surface area contributed by atoms with Crippen molar-refractivity contribution in [3.63, 3.8) is 0 Å². The Hall–Kier alpha value is -1.85. The molecule has 0 amide bonds. The second kappa shape index (κ2) is 8.31. The topological polar surface area (TPSA) is 75.9 Å². The maximum Gasteiger partial charge on any atom is 0.126 e. The summed E-state index contributed by atoms with van der Waals surface area (Å²) in [6, 6.07) is 8.35. The summed E-state index contributed by atoms with van der Waals surface area (Å²) in [6.07, 6.45) is 8.02. The Kier molecular flexibility index (Phi) is 5.88. The van der Waals surface area contributed by atoms with Crippen LogP contribution < -0.4 is 16.4 Å². The second-order valence-corrected chi connectivity index (χ2v) is 6.56. The fourth-order valence-electron chi connectivity index (χ4n) is 3.05. The van der Waals surface area contributed by atoms with Crippen LogP contribution in [0.2, 0.25) is 5.02 Å². The normalized spacial score (nSPS) is 15.2. The third-order valence-corrected chi connectivity index (χ3v) is 4.59. The van der Waals surface area contributed by atoms with Crippen LogP contribution in [-0.4, -0.2) is 29.1 Å². The van der Waals surface area contributed by atoms with Crippen LogP contribution in [0.25, 0.3) is 11.3 Å². The number of nitrogens with zero attached hydrogens (tertiary/aromatic N) is 2. The molecular weight excluding hydrogens is 322 g/mol. The van der Waals surface area contributed by atoms with Crippen molar-refractivity contribution < 1.29 is 0 Å². The monoisotopic (exact) mass is 345 g/mol. The van der Waals surface area contributed by atoms with Gasteiger partial charge in [-0.3, -0.25) is 0 Å². The first-order valence-electron chi connectivity index (χ1n) is 8.60. The van der Waals surface area contributed by atoms with Gasteiger partial charge in [0.1, 0.15) is 11.6 Å². The molecule has 0 unspecified atom stereocenters. The SMILES string of the molecule is NCCNc1cccc(-c2cc(NC3CCCCC3)ncc2Cl)n1. The Morgan fingerprint density at radius 2 is 2.00 bits per heavy atom. The molecule has 1 aliphatic rings. The van der Waals surface area contributed by atoms with Crippen molar-refractivity contribution in [2.75, 3.05) is 23.7 Å². The molecule has 1 saturated carbocycles. The highest BCUT2D eigenvalue weighted by Crippen LogP contribution is 2.30. The van der Waals surface area contributed by atoms with E-state index in [9.17, 15) is 0 Å². The molecule has 0 bridgehead atoms. The van der Waals surface area contributed by atoms with Crippen LogP contribution in [0.15, 0.2) is 30.5 Å². The molecule has 2 aromatic heterocycles. The van der Waals surface area contributed by atoms with Gasteiger partial charge in [0.25, 0.3) is 0 Å². The average Bonchev–Trinajstić information content (AvgIpc) is 2.63. The van der Waals surface area contributed by atoms with Gasteiger partial charge in [0, 0.05) is 30.9 Å². The molecule has 2 aromatic rings. The second-order valence-electron chi connectivity index (χ2n) is 6.15. The van der Waals surface area contributed by atoms with E-state index in [4.69, 9.17) is 17.3 Å². The molecule has 128 valence electrons. The van der Waals surface area contributed by atoms with Crippen LogP contribution in [0.5, 0.6) is 0 Å². The number of hydrogen-bond acceptors (Lipinski definition) is 5. The summed E-state index contributed by atoms with van der Waals surface area (Å²) in [5.41, 5.74) is 7.25. The van der Waals surface area contributed by atoms with Gasteiger partial charge < -0.3 is 16.4 Å². The molecule has 4 N–H and O–H groups in total. The average molecular weight is 346 g/mol. The van der Waals surface area contributed by atoms with Crippen LogP contribution in [0.4, 0.5) is 11.6 Å². The number of pyridine rings is 2. The number of hydrogen-bond donors (Lipinski definition) is 3. The molecule has 24 heavy (non-hydrogen) atoms. The molecule has 0 aliphatic heterocycles. The van der Waals surface area contributed by atoms with Gasteiger partial charge in [0.05, 0.1) is 10.7 Å². The van der Waals surface area contributed by atoms with Gasteiger partial charge in [-0.2, -0.15) is 0 Å². The standard InChI is InChI=1S/C18H24ClN5/c19-15-12-22-18(23-13-5-2-1-3-6-13)11-14(15)16-7-4-8-17(24-16)21-10-9-20/h4,7-8,11-13H,1-3,5-6,9-10,20H2,(H,21,24)(H,22,23). The summed E-state index contributed by atoms with van der Waals surface area (Å²) in [4.78, 5) is 9.05. The van der Waals surface area contributed by atoms with Gasteiger partial charge in [0.2, 0.25) is 0 Å². The molecule has 5 nitrogen and oxygen atoms in total. The highest BCUT2D eigenvalue weighted by molar-refractivity contribution is 6.33. The smallest absolute Gasteiger partial charge is 0.126 e. The van der Waals surface area contributed by atoms with Gasteiger partial charge >= 0.3 is 0 Å². The van der Waals surface area contributed by atoms with Crippen molar-refractivity contribution in [1.29, 1.82) is 0 Å². The summed E-state index contributed by atoms with van der Waals surface area (Å²) in [5, 5.41) is 7.34. The number of anilines is 2. The zero-order valence-corrected chi connectivity index (χ0v) is 14.5. The van der Waals surface area contributed by atoms with Gasteiger partial charge in [-0.15, -0.1) is 0 Å². The molecule has 0 atom stereocenters.